The molecule has 1 aliphatic heterocycles. The van der Waals surface area contributed by atoms with Crippen molar-refractivity contribution < 1.29 is 9.84 Å². The molecule has 4 rings (SSSR count). The van der Waals surface area contributed by atoms with Gasteiger partial charge in [-0.3, -0.25) is 0 Å². The molecule has 0 atom stereocenters. The van der Waals surface area contributed by atoms with Crippen LogP contribution in [0, 0.1) is 12.8 Å². The van der Waals surface area contributed by atoms with Crippen molar-refractivity contribution in [3.8, 4) is 17.0 Å². The molecular formula is C19H20ClN3O2. The Morgan fingerprint density at radius 2 is 2.04 bits per heavy atom. The zero-order valence-corrected chi connectivity index (χ0v) is 14.8. The van der Waals surface area contributed by atoms with Crippen LogP contribution in [-0.4, -0.2) is 33.1 Å². The summed E-state index contributed by atoms with van der Waals surface area (Å²) in [5.74, 6) is 0.744. The van der Waals surface area contributed by atoms with Crippen molar-refractivity contribution in [1.82, 2.24) is 14.8 Å². The molecule has 1 fully saturated rings. The summed E-state index contributed by atoms with van der Waals surface area (Å²) in [7, 11) is 0. The molecule has 0 bridgehead atoms. The average molecular weight is 358 g/mol. The van der Waals surface area contributed by atoms with E-state index in [0.717, 1.165) is 49.2 Å². The first-order valence-electron chi connectivity index (χ1n) is 8.51. The van der Waals surface area contributed by atoms with Crippen LogP contribution in [-0.2, 0) is 11.3 Å². The minimum atomic E-state index is 0.125. The summed E-state index contributed by atoms with van der Waals surface area (Å²) < 4.78 is 7.59. The van der Waals surface area contributed by atoms with Crippen LogP contribution in [0.3, 0.4) is 0 Å². The lowest BCUT2D eigenvalue weighted by Crippen LogP contribution is -2.20. The third-order valence-electron chi connectivity index (χ3n) is 4.84. The van der Waals surface area contributed by atoms with Gasteiger partial charge in [0, 0.05) is 41.9 Å². The standard InChI is InChI=1S/C19H20ClN3O2/c1-12-8-15(20)10-17(24)18(12)16-9-14-2-5-23(19(14)22-21-16)11-13-3-6-25-7-4-13/h2,5,8-10,13,24H,3-4,6-7,11H2,1H3. The minimum Gasteiger partial charge on any atom is -0.507 e. The zero-order valence-electron chi connectivity index (χ0n) is 14.1. The average Bonchev–Trinajstić information content (AvgIpc) is 2.97. The lowest BCUT2D eigenvalue weighted by Gasteiger charge is -2.22. The normalized spacial score (nSPS) is 15.8. The number of rotatable bonds is 3. The molecule has 0 spiro atoms. The highest BCUT2D eigenvalue weighted by atomic mass is 35.5. The van der Waals surface area contributed by atoms with Gasteiger partial charge in [0.05, 0.1) is 5.69 Å². The number of benzene rings is 1. The van der Waals surface area contributed by atoms with Crippen LogP contribution in [0.4, 0.5) is 0 Å². The summed E-state index contributed by atoms with van der Waals surface area (Å²) >= 11 is 5.99. The van der Waals surface area contributed by atoms with E-state index < -0.39 is 0 Å². The first kappa shape index (κ1) is 16.4. The zero-order chi connectivity index (χ0) is 17.4. The van der Waals surface area contributed by atoms with Crippen LogP contribution in [0.5, 0.6) is 5.75 Å². The summed E-state index contributed by atoms with van der Waals surface area (Å²) in [6.45, 7) is 4.53. The smallest absolute Gasteiger partial charge is 0.162 e. The number of aromatic hydroxyl groups is 1. The van der Waals surface area contributed by atoms with E-state index >= 15 is 0 Å². The van der Waals surface area contributed by atoms with Crippen LogP contribution in [0.2, 0.25) is 5.02 Å². The molecule has 3 heterocycles. The van der Waals surface area contributed by atoms with Crippen LogP contribution in [0.25, 0.3) is 22.3 Å². The SMILES string of the molecule is Cc1cc(Cl)cc(O)c1-c1cc2ccn(CC3CCOCC3)c2nn1. The molecule has 2 aromatic heterocycles. The van der Waals surface area contributed by atoms with E-state index in [2.05, 4.69) is 27.0 Å². The molecule has 6 heteroatoms. The number of phenols is 1. The Morgan fingerprint density at radius 1 is 1.24 bits per heavy atom. The highest BCUT2D eigenvalue weighted by molar-refractivity contribution is 6.31. The molecule has 0 unspecified atom stereocenters. The largest absolute Gasteiger partial charge is 0.507 e. The van der Waals surface area contributed by atoms with Crippen LogP contribution in [0.15, 0.2) is 30.5 Å². The van der Waals surface area contributed by atoms with Crippen molar-refractivity contribution in [2.75, 3.05) is 13.2 Å². The molecule has 25 heavy (non-hydrogen) atoms. The molecule has 0 saturated carbocycles. The second-order valence-corrected chi connectivity index (χ2v) is 7.09. The fourth-order valence-electron chi connectivity index (χ4n) is 3.52. The number of nitrogens with zero attached hydrogens (tertiary/aromatic N) is 3. The van der Waals surface area contributed by atoms with Crippen LogP contribution < -0.4 is 0 Å². The van der Waals surface area contributed by atoms with Gasteiger partial charge >= 0.3 is 0 Å². The predicted molar refractivity (Wildman–Crippen MR) is 97.9 cm³/mol. The van der Waals surface area contributed by atoms with E-state index in [-0.39, 0.29) is 5.75 Å². The summed E-state index contributed by atoms with van der Waals surface area (Å²) in [6.07, 6.45) is 4.24. The van der Waals surface area contributed by atoms with Crippen molar-refractivity contribution in [2.24, 2.45) is 5.92 Å². The topological polar surface area (TPSA) is 60.2 Å². The molecule has 130 valence electrons. The third-order valence-corrected chi connectivity index (χ3v) is 5.06. The Labute approximate surface area is 151 Å². The van der Waals surface area contributed by atoms with E-state index in [4.69, 9.17) is 16.3 Å². The van der Waals surface area contributed by atoms with Gasteiger partial charge in [0.2, 0.25) is 0 Å². The summed E-state index contributed by atoms with van der Waals surface area (Å²) in [6, 6.07) is 7.37. The number of fused-ring (bicyclic) bond motifs is 1. The van der Waals surface area contributed by atoms with Gasteiger partial charge in [-0.1, -0.05) is 11.6 Å². The number of aromatic nitrogens is 3. The second kappa shape index (κ2) is 6.65. The number of ether oxygens (including phenoxy) is 1. The Morgan fingerprint density at radius 3 is 2.80 bits per heavy atom. The van der Waals surface area contributed by atoms with E-state index in [1.54, 1.807) is 0 Å². The molecule has 3 aromatic rings. The van der Waals surface area contributed by atoms with Gasteiger partial charge in [0.15, 0.2) is 5.65 Å². The number of aryl methyl sites for hydroxylation is 1. The first-order chi connectivity index (χ1) is 12.1. The predicted octanol–water partition coefficient (Wildman–Crippen LogP) is 4.19. The summed E-state index contributed by atoms with van der Waals surface area (Å²) in [4.78, 5) is 0. The maximum atomic E-state index is 10.2. The molecule has 1 aliphatic rings. The van der Waals surface area contributed by atoms with Crippen molar-refractivity contribution in [3.63, 3.8) is 0 Å². The van der Waals surface area contributed by atoms with Crippen LogP contribution >= 0.6 is 11.6 Å². The molecule has 0 radical (unpaired) electrons. The van der Waals surface area contributed by atoms with E-state index in [0.29, 0.717) is 22.2 Å². The van der Waals surface area contributed by atoms with Crippen molar-refractivity contribution in [3.05, 3.63) is 41.0 Å². The molecule has 1 saturated heterocycles. The van der Waals surface area contributed by atoms with E-state index in [1.807, 2.05) is 19.1 Å². The van der Waals surface area contributed by atoms with E-state index in [1.165, 1.54) is 6.07 Å². The fraction of sp³-hybridized carbons (Fsp3) is 0.368. The number of hydrogen-bond donors (Lipinski definition) is 1. The Kier molecular flexibility index (Phi) is 4.36. The van der Waals surface area contributed by atoms with Gasteiger partial charge in [-0.25, -0.2) is 0 Å². The monoisotopic (exact) mass is 357 g/mol. The highest BCUT2D eigenvalue weighted by Gasteiger charge is 2.17. The van der Waals surface area contributed by atoms with Gasteiger partial charge in [-0.2, -0.15) is 0 Å². The van der Waals surface area contributed by atoms with Crippen molar-refractivity contribution >= 4 is 22.6 Å². The van der Waals surface area contributed by atoms with Gasteiger partial charge in [-0.15, -0.1) is 10.2 Å². The maximum Gasteiger partial charge on any atom is 0.162 e. The second-order valence-electron chi connectivity index (χ2n) is 6.65. The van der Waals surface area contributed by atoms with Gasteiger partial charge in [0.1, 0.15) is 5.75 Å². The van der Waals surface area contributed by atoms with Gasteiger partial charge in [-0.05, 0) is 55.5 Å². The van der Waals surface area contributed by atoms with Crippen molar-refractivity contribution in [1.29, 1.82) is 0 Å². The molecule has 5 nitrogen and oxygen atoms in total. The molecule has 1 aromatic carbocycles. The fourth-order valence-corrected chi connectivity index (χ4v) is 3.79. The highest BCUT2D eigenvalue weighted by Crippen LogP contribution is 2.34. The summed E-state index contributed by atoms with van der Waals surface area (Å²) in [5.41, 5.74) is 3.08. The van der Waals surface area contributed by atoms with Crippen LogP contribution in [0.1, 0.15) is 18.4 Å². The maximum absolute atomic E-state index is 10.2. The number of phenolic OH excluding ortho intramolecular Hbond substituents is 1. The van der Waals surface area contributed by atoms with Gasteiger partial charge < -0.3 is 14.4 Å². The lowest BCUT2D eigenvalue weighted by atomic mass is 10.0. The molecule has 0 aliphatic carbocycles. The first-order valence-corrected chi connectivity index (χ1v) is 8.89. The molecular weight excluding hydrogens is 338 g/mol. The number of hydrogen-bond acceptors (Lipinski definition) is 4. The Bertz CT molecular complexity index is 893. The van der Waals surface area contributed by atoms with E-state index in [9.17, 15) is 5.11 Å². The quantitative estimate of drug-likeness (QED) is 0.763. The Hall–Kier alpha value is -2.11. The Balaban J connectivity index is 1.68. The molecule has 1 N–H and O–H groups in total. The molecule has 0 amide bonds. The van der Waals surface area contributed by atoms with Gasteiger partial charge in [0.25, 0.3) is 0 Å². The lowest BCUT2D eigenvalue weighted by molar-refractivity contribution is 0.0616. The third kappa shape index (κ3) is 3.22. The summed E-state index contributed by atoms with van der Waals surface area (Å²) in [5, 5.41) is 20.6. The number of halogens is 1. The van der Waals surface area contributed by atoms with Crippen molar-refractivity contribution in [2.45, 2.75) is 26.3 Å². The minimum absolute atomic E-state index is 0.125.